The fraction of sp³-hybridized carbons (Fsp3) is 0.182. The van der Waals surface area contributed by atoms with E-state index in [9.17, 15) is 13.7 Å². The molecule has 1 heterocycles. The topological polar surface area (TPSA) is 79.5 Å². The van der Waals surface area contributed by atoms with Gasteiger partial charge in [-0.05, 0) is 62.6 Å². The summed E-state index contributed by atoms with van der Waals surface area (Å²) < 4.78 is 30.0. The standard InChI is InChI=1S/C22H22N2O3S2/c1-5-7-12-21(16(3)6-2)29(25,26)27-24-22-14-13-20(28-22)19(15-23)18-11-9-8-10-17(18)4/h5-14H,1-4H3. The predicted molar refractivity (Wildman–Crippen MR) is 120 cm³/mol. The van der Waals surface area contributed by atoms with Gasteiger partial charge in [0.2, 0.25) is 0 Å². The Morgan fingerprint density at radius 1 is 1.24 bits per heavy atom. The van der Waals surface area contributed by atoms with Crippen molar-refractivity contribution in [1.82, 2.24) is 0 Å². The summed E-state index contributed by atoms with van der Waals surface area (Å²) in [5.74, 6) is 0. The highest BCUT2D eigenvalue weighted by Gasteiger charge is 2.22. The molecule has 2 rings (SSSR count). The Morgan fingerprint density at radius 2 is 1.97 bits per heavy atom. The Morgan fingerprint density at radius 3 is 2.59 bits per heavy atom. The summed E-state index contributed by atoms with van der Waals surface area (Å²) in [6.07, 6.45) is 9.88. The molecular weight excluding hydrogens is 404 g/mol. The molecule has 0 saturated heterocycles. The summed E-state index contributed by atoms with van der Waals surface area (Å²) in [6, 6.07) is 9.82. The number of nitriles is 1. The molecule has 0 N–H and O–H groups in total. The lowest BCUT2D eigenvalue weighted by atomic mass is 10.0. The van der Waals surface area contributed by atoms with Crippen molar-refractivity contribution in [3.8, 4) is 6.07 Å². The molecule has 0 fully saturated rings. The zero-order chi connectivity index (χ0) is 21.4. The quantitative estimate of drug-likeness (QED) is 0.335. The van der Waals surface area contributed by atoms with Crippen LogP contribution < -0.4 is 0 Å². The molecule has 0 aromatic heterocycles. The van der Waals surface area contributed by atoms with Crippen LogP contribution in [0.1, 0.15) is 31.9 Å². The van der Waals surface area contributed by atoms with Gasteiger partial charge in [-0.25, -0.2) is 0 Å². The Labute approximate surface area is 176 Å². The summed E-state index contributed by atoms with van der Waals surface area (Å²) in [7, 11) is -4.07. The average molecular weight is 427 g/mol. The summed E-state index contributed by atoms with van der Waals surface area (Å²) in [4.78, 5) is 0.735. The van der Waals surface area contributed by atoms with Gasteiger partial charge in [-0.3, -0.25) is 4.28 Å². The molecule has 0 atom stereocenters. The van der Waals surface area contributed by atoms with Crippen molar-refractivity contribution in [2.75, 3.05) is 0 Å². The number of nitrogens with zero attached hydrogens (tertiary/aromatic N) is 2. The number of thioether (sulfide) groups is 1. The van der Waals surface area contributed by atoms with Gasteiger partial charge in [0.15, 0.2) is 0 Å². The summed E-state index contributed by atoms with van der Waals surface area (Å²) >= 11 is 1.19. The number of allylic oxidation sites excluding steroid dienone is 7. The molecule has 0 bridgehead atoms. The van der Waals surface area contributed by atoms with Gasteiger partial charge in [0, 0.05) is 4.91 Å². The third-order valence-corrected chi connectivity index (χ3v) is 6.37. The molecule has 150 valence electrons. The zero-order valence-electron chi connectivity index (χ0n) is 16.7. The number of rotatable bonds is 6. The number of aryl methyl sites for hydroxylation is 1. The van der Waals surface area contributed by atoms with Crippen LogP contribution >= 0.6 is 11.8 Å². The highest BCUT2D eigenvalue weighted by atomic mass is 32.2. The minimum Gasteiger partial charge on any atom is -0.264 e. The monoisotopic (exact) mass is 426 g/mol. The van der Waals surface area contributed by atoms with E-state index in [1.165, 1.54) is 17.8 Å². The molecule has 1 aliphatic rings. The average Bonchev–Trinajstić information content (AvgIpc) is 3.17. The second kappa shape index (κ2) is 10.1. The number of hydrogen-bond acceptors (Lipinski definition) is 6. The van der Waals surface area contributed by atoms with Crippen LogP contribution in [-0.4, -0.2) is 13.5 Å². The maximum atomic E-state index is 12.6. The summed E-state index contributed by atoms with van der Waals surface area (Å²) in [5, 5.41) is 13.8. The van der Waals surface area contributed by atoms with Crippen molar-refractivity contribution >= 4 is 32.5 Å². The smallest absolute Gasteiger partial charge is 0.264 e. The first-order valence-electron chi connectivity index (χ1n) is 8.88. The van der Waals surface area contributed by atoms with Crippen LogP contribution in [0.4, 0.5) is 0 Å². The normalized spacial score (nSPS) is 18.4. The van der Waals surface area contributed by atoms with Crippen LogP contribution in [0.2, 0.25) is 0 Å². The van der Waals surface area contributed by atoms with E-state index in [2.05, 4.69) is 11.2 Å². The molecule has 1 aliphatic heterocycles. The second-order valence-electron chi connectivity index (χ2n) is 6.09. The number of oxime groups is 1. The summed E-state index contributed by atoms with van der Waals surface area (Å²) in [5.41, 5.74) is 2.88. The molecule has 0 radical (unpaired) electrons. The Kier molecular flexibility index (Phi) is 7.82. The lowest BCUT2D eigenvalue weighted by molar-refractivity contribution is 0.346. The molecule has 0 aliphatic carbocycles. The van der Waals surface area contributed by atoms with E-state index in [-0.39, 0.29) is 4.91 Å². The highest BCUT2D eigenvalue weighted by Crippen LogP contribution is 2.35. The fourth-order valence-corrected chi connectivity index (χ4v) is 4.37. The van der Waals surface area contributed by atoms with Gasteiger partial charge >= 0.3 is 10.1 Å². The molecule has 0 amide bonds. The van der Waals surface area contributed by atoms with Crippen LogP contribution in [0.15, 0.2) is 81.3 Å². The lowest BCUT2D eigenvalue weighted by Gasteiger charge is -2.07. The maximum absolute atomic E-state index is 12.6. The second-order valence-corrected chi connectivity index (χ2v) is 8.65. The Balaban J connectivity index is 2.29. The van der Waals surface area contributed by atoms with E-state index in [4.69, 9.17) is 4.28 Å². The first-order chi connectivity index (χ1) is 13.8. The largest absolute Gasteiger partial charge is 0.358 e. The van der Waals surface area contributed by atoms with Gasteiger partial charge in [0.1, 0.15) is 16.0 Å². The zero-order valence-corrected chi connectivity index (χ0v) is 18.3. The minimum atomic E-state index is -4.07. The van der Waals surface area contributed by atoms with Gasteiger partial charge in [-0.2, -0.15) is 13.7 Å². The highest BCUT2D eigenvalue weighted by molar-refractivity contribution is 8.18. The third-order valence-electron chi connectivity index (χ3n) is 4.12. The molecule has 0 spiro atoms. The predicted octanol–water partition coefficient (Wildman–Crippen LogP) is 5.62. The number of benzene rings is 1. The van der Waals surface area contributed by atoms with Gasteiger partial charge < -0.3 is 0 Å². The maximum Gasteiger partial charge on any atom is 0.358 e. The van der Waals surface area contributed by atoms with Gasteiger partial charge in [-0.1, -0.05) is 59.4 Å². The van der Waals surface area contributed by atoms with Crippen LogP contribution in [0, 0.1) is 18.3 Å². The van der Waals surface area contributed by atoms with Crippen LogP contribution in [0.3, 0.4) is 0 Å². The van der Waals surface area contributed by atoms with Crippen LogP contribution in [-0.2, 0) is 14.4 Å². The van der Waals surface area contributed by atoms with Gasteiger partial charge in [0.25, 0.3) is 0 Å². The van der Waals surface area contributed by atoms with E-state index < -0.39 is 10.1 Å². The van der Waals surface area contributed by atoms with Gasteiger partial charge in [-0.15, -0.1) is 0 Å². The Bertz CT molecular complexity index is 1110. The van der Waals surface area contributed by atoms with Crippen molar-refractivity contribution in [1.29, 1.82) is 5.26 Å². The van der Waals surface area contributed by atoms with E-state index in [0.29, 0.717) is 21.1 Å². The third kappa shape index (κ3) is 5.59. The molecule has 5 nitrogen and oxygen atoms in total. The fourth-order valence-electron chi connectivity index (χ4n) is 2.48. The molecule has 0 saturated carbocycles. The molecule has 1 aromatic carbocycles. The number of hydrogen-bond donors (Lipinski definition) is 0. The molecule has 0 unspecified atom stereocenters. The first kappa shape index (κ1) is 22.5. The van der Waals surface area contributed by atoms with Crippen LogP contribution in [0.5, 0.6) is 0 Å². The molecular formula is C22H22N2O3S2. The first-order valence-corrected chi connectivity index (χ1v) is 11.1. The molecule has 29 heavy (non-hydrogen) atoms. The lowest BCUT2D eigenvalue weighted by Crippen LogP contribution is -2.07. The van der Waals surface area contributed by atoms with E-state index in [1.54, 1.807) is 51.2 Å². The van der Waals surface area contributed by atoms with E-state index >= 15 is 0 Å². The summed E-state index contributed by atoms with van der Waals surface area (Å²) in [6.45, 7) is 7.17. The van der Waals surface area contributed by atoms with Crippen molar-refractivity contribution in [3.05, 3.63) is 87.2 Å². The van der Waals surface area contributed by atoms with E-state index in [0.717, 1.165) is 11.1 Å². The van der Waals surface area contributed by atoms with Gasteiger partial charge in [0.05, 0.1) is 5.57 Å². The SMILES string of the molecule is CC=CC=C(C(C)=CC)S(=O)(=O)ON=C1C=CC(=C(C#N)c2ccccc2C)S1. The van der Waals surface area contributed by atoms with Crippen LogP contribution in [0.25, 0.3) is 5.57 Å². The Hall–Kier alpha value is -2.82. The molecule has 1 aromatic rings. The van der Waals surface area contributed by atoms with Crippen molar-refractivity contribution in [3.63, 3.8) is 0 Å². The minimum absolute atomic E-state index is 0.0443. The van der Waals surface area contributed by atoms with Crippen molar-refractivity contribution in [2.45, 2.75) is 27.7 Å². The molecule has 7 heteroatoms. The van der Waals surface area contributed by atoms with Crippen molar-refractivity contribution in [2.24, 2.45) is 5.16 Å². The van der Waals surface area contributed by atoms with Crippen molar-refractivity contribution < 1.29 is 12.7 Å². The van der Waals surface area contributed by atoms with E-state index in [1.807, 2.05) is 31.2 Å².